The Morgan fingerprint density at radius 1 is 1.53 bits per heavy atom. The molecule has 1 aliphatic heterocycles. The molecule has 17 heavy (non-hydrogen) atoms. The van der Waals surface area contributed by atoms with Crippen molar-refractivity contribution in [3.05, 3.63) is 17.5 Å². The third kappa shape index (κ3) is 3.06. The van der Waals surface area contributed by atoms with Crippen molar-refractivity contribution in [3.8, 4) is 0 Å². The second-order valence-corrected chi connectivity index (χ2v) is 4.65. The number of carbonyl (C=O) groups is 1. The molecule has 1 aromatic rings. The number of nitrogens with one attached hydrogen (secondary N) is 2. The largest absolute Gasteiger partial charge is 0.348 e. The molecule has 0 spiro atoms. The maximum absolute atomic E-state index is 12.1. The van der Waals surface area contributed by atoms with Crippen LogP contribution in [0.3, 0.4) is 0 Å². The second-order valence-electron chi connectivity index (χ2n) is 4.65. The van der Waals surface area contributed by atoms with Gasteiger partial charge in [0, 0.05) is 13.1 Å². The van der Waals surface area contributed by atoms with Gasteiger partial charge < -0.3 is 10.6 Å². The predicted molar refractivity (Wildman–Crippen MR) is 65.9 cm³/mol. The van der Waals surface area contributed by atoms with E-state index in [4.69, 9.17) is 0 Å². The standard InChI is InChI=1S/C12H20N4O/c1-9-8-11(16(2)15-9)12(17)14-10-4-3-6-13-7-5-10/h8,10,13H,3-7H2,1-2H3,(H,14,17). The number of carbonyl (C=O) groups excluding carboxylic acids is 1. The molecule has 0 radical (unpaired) electrons. The minimum Gasteiger partial charge on any atom is -0.348 e. The first kappa shape index (κ1) is 12.1. The lowest BCUT2D eigenvalue weighted by Crippen LogP contribution is -2.36. The van der Waals surface area contributed by atoms with Crippen molar-refractivity contribution in [3.63, 3.8) is 0 Å². The van der Waals surface area contributed by atoms with E-state index in [0.717, 1.165) is 38.0 Å². The average Bonchev–Trinajstić information content (AvgIpc) is 2.51. The summed E-state index contributed by atoms with van der Waals surface area (Å²) in [5, 5.41) is 10.6. The maximum Gasteiger partial charge on any atom is 0.269 e. The number of aryl methyl sites for hydroxylation is 2. The van der Waals surface area contributed by atoms with E-state index in [1.807, 2.05) is 13.0 Å². The van der Waals surface area contributed by atoms with Crippen molar-refractivity contribution >= 4 is 5.91 Å². The fourth-order valence-corrected chi connectivity index (χ4v) is 2.25. The van der Waals surface area contributed by atoms with Crippen molar-refractivity contribution in [2.24, 2.45) is 7.05 Å². The first-order valence-electron chi connectivity index (χ1n) is 6.19. The molecule has 5 heteroatoms. The van der Waals surface area contributed by atoms with Crippen molar-refractivity contribution < 1.29 is 4.79 Å². The van der Waals surface area contributed by atoms with Crippen LogP contribution in [-0.2, 0) is 7.05 Å². The molecule has 0 bridgehead atoms. The molecule has 1 amide bonds. The van der Waals surface area contributed by atoms with Gasteiger partial charge in [0.1, 0.15) is 5.69 Å². The van der Waals surface area contributed by atoms with Crippen LogP contribution in [0.5, 0.6) is 0 Å². The van der Waals surface area contributed by atoms with Gasteiger partial charge in [0.2, 0.25) is 0 Å². The van der Waals surface area contributed by atoms with Crippen LogP contribution in [0.15, 0.2) is 6.07 Å². The van der Waals surface area contributed by atoms with Crippen molar-refractivity contribution in [2.75, 3.05) is 13.1 Å². The Hall–Kier alpha value is -1.36. The predicted octanol–water partition coefficient (Wildman–Crippen LogP) is 0.600. The van der Waals surface area contributed by atoms with Crippen molar-refractivity contribution in [1.82, 2.24) is 20.4 Å². The fourth-order valence-electron chi connectivity index (χ4n) is 2.25. The van der Waals surface area contributed by atoms with Gasteiger partial charge in [-0.25, -0.2) is 0 Å². The van der Waals surface area contributed by atoms with Gasteiger partial charge in [-0.05, 0) is 45.3 Å². The number of amides is 1. The highest BCUT2D eigenvalue weighted by atomic mass is 16.2. The van der Waals surface area contributed by atoms with Crippen LogP contribution in [0.1, 0.15) is 35.4 Å². The molecule has 2 heterocycles. The highest BCUT2D eigenvalue weighted by Gasteiger charge is 2.17. The van der Waals surface area contributed by atoms with Gasteiger partial charge in [0.25, 0.3) is 5.91 Å². The zero-order chi connectivity index (χ0) is 12.3. The Bertz CT molecular complexity index is 391. The van der Waals surface area contributed by atoms with Gasteiger partial charge in [-0.15, -0.1) is 0 Å². The summed E-state index contributed by atoms with van der Waals surface area (Å²) >= 11 is 0. The van der Waals surface area contributed by atoms with Crippen LogP contribution in [0, 0.1) is 6.92 Å². The molecule has 0 aliphatic carbocycles. The van der Waals surface area contributed by atoms with Gasteiger partial charge in [0.05, 0.1) is 5.69 Å². The molecule has 1 aromatic heterocycles. The summed E-state index contributed by atoms with van der Waals surface area (Å²) in [6.45, 7) is 3.93. The number of hydrogen-bond donors (Lipinski definition) is 2. The lowest BCUT2D eigenvalue weighted by atomic mass is 10.1. The second kappa shape index (κ2) is 5.31. The Kier molecular flexibility index (Phi) is 3.78. The Morgan fingerprint density at radius 2 is 2.35 bits per heavy atom. The zero-order valence-corrected chi connectivity index (χ0v) is 10.5. The zero-order valence-electron chi connectivity index (χ0n) is 10.5. The van der Waals surface area contributed by atoms with E-state index in [9.17, 15) is 4.79 Å². The smallest absolute Gasteiger partial charge is 0.269 e. The summed E-state index contributed by atoms with van der Waals surface area (Å²) in [6.07, 6.45) is 3.17. The lowest BCUT2D eigenvalue weighted by Gasteiger charge is -2.15. The quantitative estimate of drug-likeness (QED) is 0.790. The van der Waals surface area contributed by atoms with E-state index in [-0.39, 0.29) is 11.9 Å². The minimum atomic E-state index is -0.0139. The summed E-state index contributed by atoms with van der Waals surface area (Å²) < 4.78 is 1.64. The average molecular weight is 236 g/mol. The van der Waals surface area contributed by atoms with E-state index in [0.29, 0.717) is 5.69 Å². The molecular weight excluding hydrogens is 216 g/mol. The summed E-state index contributed by atoms with van der Waals surface area (Å²) in [7, 11) is 1.80. The van der Waals surface area contributed by atoms with Crippen LogP contribution >= 0.6 is 0 Å². The molecule has 1 saturated heterocycles. The van der Waals surface area contributed by atoms with E-state index in [1.54, 1.807) is 11.7 Å². The minimum absolute atomic E-state index is 0.0139. The van der Waals surface area contributed by atoms with Crippen LogP contribution < -0.4 is 10.6 Å². The lowest BCUT2D eigenvalue weighted by molar-refractivity contribution is 0.0924. The van der Waals surface area contributed by atoms with Crippen LogP contribution in [0.4, 0.5) is 0 Å². The fraction of sp³-hybridized carbons (Fsp3) is 0.667. The molecular formula is C12H20N4O. The summed E-state index contributed by atoms with van der Waals surface area (Å²) in [6, 6.07) is 2.11. The number of hydrogen-bond acceptors (Lipinski definition) is 3. The molecule has 1 fully saturated rings. The summed E-state index contributed by atoms with van der Waals surface area (Å²) in [5.74, 6) is -0.0139. The Morgan fingerprint density at radius 3 is 3.06 bits per heavy atom. The van der Waals surface area contributed by atoms with Crippen LogP contribution in [0.2, 0.25) is 0 Å². The summed E-state index contributed by atoms with van der Waals surface area (Å²) in [4.78, 5) is 12.1. The van der Waals surface area contributed by atoms with Crippen molar-refractivity contribution in [2.45, 2.75) is 32.2 Å². The van der Waals surface area contributed by atoms with Gasteiger partial charge in [-0.2, -0.15) is 5.10 Å². The third-order valence-electron chi connectivity index (χ3n) is 3.15. The van der Waals surface area contributed by atoms with E-state index >= 15 is 0 Å². The third-order valence-corrected chi connectivity index (χ3v) is 3.15. The Labute approximate surface area is 102 Å². The molecule has 0 saturated carbocycles. The molecule has 1 unspecified atom stereocenters. The molecule has 1 atom stereocenters. The van der Waals surface area contributed by atoms with E-state index in [1.165, 1.54) is 0 Å². The van der Waals surface area contributed by atoms with E-state index < -0.39 is 0 Å². The number of aromatic nitrogens is 2. The van der Waals surface area contributed by atoms with Gasteiger partial charge in [-0.3, -0.25) is 9.48 Å². The normalized spacial score (nSPS) is 20.9. The Balaban J connectivity index is 1.98. The van der Waals surface area contributed by atoms with Gasteiger partial charge >= 0.3 is 0 Å². The first-order chi connectivity index (χ1) is 8.16. The van der Waals surface area contributed by atoms with Crippen LogP contribution in [-0.4, -0.2) is 34.8 Å². The molecule has 5 nitrogen and oxygen atoms in total. The van der Waals surface area contributed by atoms with E-state index in [2.05, 4.69) is 15.7 Å². The first-order valence-corrected chi connectivity index (χ1v) is 6.19. The summed E-state index contributed by atoms with van der Waals surface area (Å²) in [5.41, 5.74) is 1.51. The molecule has 0 aromatic carbocycles. The highest BCUT2D eigenvalue weighted by molar-refractivity contribution is 5.92. The van der Waals surface area contributed by atoms with Crippen LogP contribution in [0.25, 0.3) is 0 Å². The molecule has 1 aliphatic rings. The molecule has 2 rings (SSSR count). The maximum atomic E-state index is 12.1. The SMILES string of the molecule is Cc1cc(C(=O)NC2CCCNCC2)n(C)n1. The highest BCUT2D eigenvalue weighted by Crippen LogP contribution is 2.07. The van der Waals surface area contributed by atoms with Gasteiger partial charge in [-0.1, -0.05) is 0 Å². The molecule has 2 N–H and O–H groups in total. The van der Waals surface area contributed by atoms with Gasteiger partial charge in [0.15, 0.2) is 0 Å². The number of nitrogens with zero attached hydrogens (tertiary/aromatic N) is 2. The van der Waals surface area contributed by atoms with Crippen molar-refractivity contribution in [1.29, 1.82) is 0 Å². The topological polar surface area (TPSA) is 59.0 Å². The molecule has 94 valence electrons. The number of rotatable bonds is 2. The monoisotopic (exact) mass is 236 g/mol.